The molecule has 0 saturated heterocycles. The Morgan fingerprint density at radius 2 is 1.71 bits per heavy atom. The van der Waals surface area contributed by atoms with Crippen LogP contribution in [0.3, 0.4) is 0 Å². The molecule has 0 amide bonds. The van der Waals surface area contributed by atoms with Crippen LogP contribution in [0, 0.1) is 0 Å². The van der Waals surface area contributed by atoms with Crippen LogP contribution in [-0.4, -0.2) is 43.0 Å². The van der Waals surface area contributed by atoms with Crippen molar-refractivity contribution in [3.05, 3.63) is 97.4 Å². The van der Waals surface area contributed by atoms with E-state index in [4.69, 9.17) is 16.6 Å². The number of hydrogen-bond acceptors (Lipinski definition) is 5. The molecular formula is C29H36ClN5O3. The molecule has 0 aliphatic carbocycles. The molecule has 2 N–H and O–H groups in total. The van der Waals surface area contributed by atoms with Gasteiger partial charge in [0.15, 0.2) is 11.2 Å². The third-order valence-corrected chi connectivity index (χ3v) is 6.96. The maximum atomic E-state index is 13.7. The van der Waals surface area contributed by atoms with Crippen LogP contribution in [0.5, 0.6) is 0 Å². The fourth-order valence-electron chi connectivity index (χ4n) is 4.65. The van der Waals surface area contributed by atoms with E-state index in [1.807, 2.05) is 73.0 Å². The first kappa shape index (κ1) is 27.8. The molecule has 0 fully saturated rings. The summed E-state index contributed by atoms with van der Waals surface area (Å²) < 4.78 is 4.91. The number of nitrogens with one attached hydrogen (secondary N) is 1. The minimum Gasteiger partial charge on any atom is -0.392 e. The van der Waals surface area contributed by atoms with Crippen molar-refractivity contribution in [3.63, 3.8) is 0 Å². The van der Waals surface area contributed by atoms with E-state index in [1.54, 1.807) is 4.57 Å². The summed E-state index contributed by atoms with van der Waals surface area (Å²) in [6, 6.07) is 17.6. The Labute approximate surface area is 227 Å². The van der Waals surface area contributed by atoms with E-state index in [0.29, 0.717) is 74.6 Å². The standard InChI is InChI=1S/C29H36ClN5O3/c1-3-15-35-28(37)26-27(34(29(35)38)16-13-22-11-8-12-23(30)18-22)32-25(19-21-9-6-5-7-10-21)33(26)17-14-31-20-24(36)4-2/h5-12,18,24,31,36H,3-4,13-17,19-20H2,1-2H3. The van der Waals surface area contributed by atoms with Crippen molar-refractivity contribution in [1.29, 1.82) is 0 Å². The largest absolute Gasteiger partial charge is 0.392 e. The molecule has 2 aromatic heterocycles. The van der Waals surface area contributed by atoms with Gasteiger partial charge in [-0.05, 0) is 42.5 Å². The second kappa shape index (κ2) is 13.0. The van der Waals surface area contributed by atoms with Gasteiger partial charge in [-0.2, -0.15) is 0 Å². The quantitative estimate of drug-likeness (QED) is 0.254. The fraction of sp³-hybridized carbons (Fsp3) is 0.414. The van der Waals surface area contributed by atoms with Crippen molar-refractivity contribution < 1.29 is 5.11 Å². The number of aromatic nitrogens is 4. The normalized spacial score (nSPS) is 12.3. The van der Waals surface area contributed by atoms with Gasteiger partial charge in [0.2, 0.25) is 0 Å². The van der Waals surface area contributed by atoms with Gasteiger partial charge in [-0.1, -0.05) is 67.9 Å². The molecule has 0 saturated carbocycles. The van der Waals surface area contributed by atoms with Gasteiger partial charge in [0, 0.05) is 44.2 Å². The topological polar surface area (TPSA) is 94.1 Å². The van der Waals surface area contributed by atoms with Gasteiger partial charge in [-0.3, -0.25) is 13.9 Å². The first-order chi connectivity index (χ1) is 18.4. The summed E-state index contributed by atoms with van der Waals surface area (Å²) in [6.45, 7) is 6.12. The maximum Gasteiger partial charge on any atom is 0.332 e. The third kappa shape index (κ3) is 6.43. The number of rotatable bonds is 13. The lowest BCUT2D eigenvalue weighted by atomic mass is 10.1. The number of nitrogens with zero attached hydrogens (tertiary/aromatic N) is 4. The highest BCUT2D eigenvalue weighted by atomic mass is 35.5. The number of halogens is 1. The zero-order valence-electron chi connectivity index (χ0n) is 22.1. The highest BCUT2D eigenvalue weighted by Gasteiger charge is 2.21. The van der Waals surface area contributed by atoms with Crippen LogP contribution < -0.4 is 16.6 Å². The Morgan fingerprint density at radius 1 is 0.947 bits per heavy atom. The number of fused-ring (bicyclic) bond motifs is 1. The van der Waals surface area contributed by atoms with Gasteiger partial charge in [-0.15, -0.1) is 0 Å². The Bertz CT molecular complexity index is 1480. The molecule has 1 unspecified atom stereocenters. The maximum absolute atomic E-state index is 13.7. The Morgan fingerprint density at radius 3 is 2.42 bits per heavy atom. The average Bonchev–Trinajstić information content (AvgIpc) is 3.27. The number of imidazole rings is 1. The van der Waals surface area contributed by atoms with E-state index in [-0.39, 0.29) is 11.2 Å². The molecule has 1 atom stereocenters. The molecular weight excluding hydrogens is 502 g/mol. The van der Waals surface area contributed by atoms with E-state index >= 15 is 0 Å². The van der Waals surface area contributed by atoms with Crippen LogP contribution in [0.15, 0.2) is 64.2 Å². The van der Waals surface area contributed by atoms with Crippen molar-refractivity contribution >= 4 is 22.8 Å². The molecule has 4 aromatic rings. The lowest BCUT2D eigenvalue weighted by molar-refractivity contribution is 0.167. The molecule has 0 aliphatic rings. The lowest BCUT2D eigenvalue weighted by Gasteiger charge is -2.14. The average molecular weight is 538 g/mol. The first-order valence-corrected chi connectivity index (χ1v) is 13.7. The lowest BCUT2D eigenvalue weighted by Crippen LogP contribution is -2.41. The Hall–Kier alpha value is -3.20. The van der Waals surface area contributed by atoms with Crippen LogP contribution in [0.25, 0.3) is 11.2 Å². The molecule has 0 aliphatic heterocycles. The summed E-state index contributed by atoms with van der Waals surface area (Å²) in [7, 11) is 0. The Kier molecular flexibility index (Phi) is 9.55. The second-order valence-electron chi connectivity index (χ2n) is 9.55. The van der Waals surface area contributed by atoms with Crippen molar-refractivity contribution in [2.24, 2.45) is 0 Å². The molecule has 2 aromatic carbocycles. The zero-order valence-corrected chi connectivity index (χ0v) is 22.8. The number of benzene rings is 2. The minimum atomic E-state index is -0.420. The van der Waals surface area contributed by atoms with Crippen molar-refractivity contribution in [2.75, 3.05) is 13.1 Å². The highest BCUT2D eigenvalue weighted by Crippen LogP contribution is 2.17. The van der Waals surface area contributed by atoms with Gasteiger partial charge >= 0.3 is 5.69 Å². The summed E-state index contributed by atoms with van der Waals surface area (Å²) in [5.74, 6) is 0.728. The van der Waals surface area contributed by atoms with Gasteiger partial charge in [0.25, 0.3) is 5.56 Å². The molecule has 0 radical (unpaired) electrons. The molecule has 9 heteroatoms. The Balaban J connectivity index is 1.81. The smallest absolute Gasteiger partial charge is 0.332 e. The molecule has 0 spiro atoms. The van der Waals surface area contributed by atoms with Crippen LogP contribution in [0.2, 0.25) is 5.02 Å². The van der Waals surface area contributed by atoms with Gasteiger partial charge < -0.3 is 15.0 Å². The molecule has 2 heterocycles. The number of aryl methyl sites for hydroxylation is 2. The monoisotopic (exact) mass is 537 g/mol. The van der Waals surface area contributed by atoms with E-state index in [2.05, 4.69) is 5.32 Å². The van der Waals surface area contributed by atoms with E-state index in [1.165, 1.54) is 4.57 Å². The van der Waals surface area contributed by atoms with Crippen LogP contribution in [0.4, 0.5) is 0 Å². The summed E-state index contributed by atoms with van der Waals surface area (Å²) >= 11 is 6.18. The number of aliphatic hydroxyl groups is 1. The summed E-state index contributed by atoms with van der Waals surface area (Å²) in [5.41, 5.74) is 2.27. The zero-order chi connectivity index (χ0) is 27.1. The van der Waals surface area contributed by atoms with Crippen LogP contribution in [0.1, 0.15) is 43.6 Å². The molecule has 38 heavy (non-hydrogen) atoms. The summed E-state index contributed by atoms with van der Waals surface area (Å²) in [4.78, 5) is 32.1. The first-order valence-electron chi connectivity index (χ1n) is 13.3. The van der Waals surface area contributed by atoms with Crippen molar-refractivity contribution in [1.82, 2.24) is 24.0 Å². The molecule has 0 bridgehead atoms. The van der Waals surface area contributed by atoms with Crippen LogP contribution in [-0.2, 0) is 32.5 Å². The SMILES string of the molecule is CCCn1c(=O)c2c(nc(Cc3ccccc3)n2CCNCC(O)CC)n(CCc2cccc(Cl)c2)c1=O. The molecule has 8 nitrogen and oxygen atoms in total. The fourth-order valence-corrected chi connectivity index (χ4v) is 4.86. The summed E-state index contributed by atoms with van der Waals surface area (Å²) in [6.07, 6.45) is 2.02. The van der Waals surface area contributed by atoms with Gasteiger partial charge in [0.1, 0.15) is 5.82 Å². The minimum absolute atomic E-state index is 0.314. The summed E-state index contributed by atoms with van der Waals surface area (Å²) in [5, 5.41) is 13.9. The van der Waals surface area contributed by atoms with E-state index in [0.717, 1.165) is 17.0 Å². The van der Waals surface area contributed by atoms with Crippen LogP contribution >= 0.6 is 11.6 Å². The molecule has 4 rings (SSSR count). The van der Waals surface area contributed by atoms with Crippen molar-refractivity contribution in [3.8, 4) is 0 Å². The number of hydrogen-bond donors (Lipinski definition) is 2. The van der Waals surface area contributed by atoms with Gasteiger partial charge in [0.05, 0.1) is 6.10 Å². The predicted molar refractivity (Wildman–Crippen MR) is 152 cm³/mol. The van der Waals surface area contributed by atoms with Crippen molar-refractivity contribution in [2.45, 2.75) is 65.3 Å². The molecule has 202 valence electrons. The highest BCUT2D eigenvalue weighted by molar-refractivity contribution is 6.30. The predicted octanol–water partition coefficient (Wildman–Crippen LogP) is 3.62. The van der Waals surface area contributed by atoms with E-state index < -0.39 is 6.10 Å². The number of aliphatic hydroxyl groups excluding tert-OH is 1. The van der Waals surface area contributed by atoms with Gasteiger partial charge in [-0.25, -0.2) is 9.78 Å². The second-order valence-corrected chi connectivity index (χ2v) is 9.99. The van der Waals surface area contributed by atoms with E-state index in [9.17, 15) is 14.7 Å². The third-order valence-electron chi connectivity index (χ3n) is 6.72.